The molecule has 14 heteroatoms. The second-order valence-electron chi connectivity index (χ2n) is 9.93. The third-order valence-electron chi connectivity index (χ3n) is 6.67. The molecule has 5 aromatic rings. The van der Waals surface area contributed by atoms with Crippen LogP contribution in [0.5, 0.6) is 0 Å². The summed E-state index contributed by atoms with van der Waals surface area (Å²) in [4.78, 5) is 50.6. The number of ether oxygens (including phenoxy) is 1. The molecule has 0 spiro atoms. The molecule has 0 unspecified atom stereocenters. The molecular weight excluding hydrogens is 659 g/mol. The van der Waals surface area contributed by atoms with E-state index in [1.807, 2.05) is 18.6 Å². The highest BCUT2D eigenvalue weighted by atomic mass is 32.2. The van der Waals surface area contributed by atoms with E-state index in [4.69, 9.17) is 4.74 Å². The van der Waals surface area contributed by atoms with Crippen molar-refractivity contribution in [3.63, 3.8) is 0 Å². The van der Waals surface area contributed by atoms with Crippen LogP contribution in [0.2, 0.25) is 0 Å². The van der Waals surface area contributed by atoms with Crippen LogP contribution in [-0.2, 0) is 29.4 Å². The van der Waals surface area contributed by atoms with Gasteiger partial charge in [0.1, 0.15) is 23.1 Å². The first-order valence-electron chi connectivity index (χ1n) is 14.7. The third-order valence-corrected chi connectivity index (χ3v) is 7.79. The van der Waals surface area contributed by atoms with Crippen molar-refractivity contribution in [2.45, 2.75) is 36.5 Å². The van der Waals surface area contributed by atoms with Crippen LogP contribution in [0.4, 0.5) is 14.6 Å². The van der Waals surface area contributed by atoms with Crippen LogP contribution in [0, 0.1) is 11.6 Å². The van der Waals surface area contributed by atoms with E-state index in [1.54, 1.807) is 51.5 Å². The summed E-state index contributed by atoms with van der Waals surface area (Å²) in [5, 5.41) is 4.93. The van der Waals surface area contributed by atoms with Crippen LogP contribution in [0.3, 0.4) is 0 Å². The number of pyridine rings is 1. The van der Waals surface area contributed by atoms with Gasteiger partial charge in [-0.15, -0.1) is 0 Å². The van der Waals surface area contributed by atoms with Crippen LogP contribution in [-0.4, -0.2) is 62.9 Å². The lowest BCUT2D eigenvalue weighted by atomic mass is 10.1. The van der Waals surface area contributed by atoms with Crippen molar-refractivity contribution in [3.8, 4) is 0 Å². The number of aromatic nitrogens is 5. The summed E-state index contributed by atoms with van der Waals surface area (Å²) < 4.78 is 31.8. The van der Waals surface area contributed by atoms with Crippen molar-refractivity contribution in [2.75, 3.05) is 31.5 Å². The number of hydrogen-bond donors (Lipinski definition) is 1. The maximum absolute atomic E-state index is 13.0. The molecule has 3 heterocycles. The summed E-state index contributed by atoms with van der Waals surface area (Å²) in [6, 6.07) is 14.1. The monoisotopic (exact) mass is 694 g/mol. The van der Waals surface area contributed by atoms with Crippen LogP contribution in [0.25, 0.3) is 11.0 Å². The zero-order valence-corrected chi connectivity index (χ0v) is 28.8. The Bertz CT molecular complexity index is 1870. The maximum Gasteiger partial charge on any atom is 0.306 e. The Balaban J connectivity index is 0.000000209. The highest BCUT2D eigenvalue weighted by Crippen LogP contribution is 2.17. The number of nitrogens with zero attached hydrogens (tertiary/aromatic N) is 5. The van der Waals surface area contributed by atoms with Crippen LogP contribution < -0.4 is 10.9 Å². The fraction of sp³-hybridized carbons (Fsp3) is 0.265. The van der Waals surface area contributed by atoms with Gasteiger partial charge in [-0.2, -0.15) is 0 Å². The molecule has 0 saturated heterocycles. The van der Waals surface area contributed by atoms with Crippen molar-refractivity contribution >= 4 is 52.6 Å². The van der Waals surface area contributed by atoms with Crippen molar-refractivity contribution in [1.29, 1.82) is 0 Å². The molecule has 0 fully saturated rings. The topological polar surface area (TPSA) is 129 Å². The molecule has 0 radical (unpaired) electrons. The standard InChI is InChI=1S/C16H14FN3OS.C11H13FO2.C7H9N3OS/c1-20-14-12(9-18-16(19-14)22-2)8-11(15(20)21)7-10-3-5-13(17)6-4-10;1-2-14-11(13)8-5-9-3-6-10(12)7-4-9;1-8-6-5(4-11)3-9-7(10-6)12-2/h3-6,8-9H,7H2,1-2H3;3-4,6-7H,2,5,8H2,1H3;3-4H,1-2H3,(H,8,9,10). The predicted octanol–water partition coefficient (Wildman–Crippen LogP) is 6.15. The number of halogens is 2. The number of nitrogens with one attached hydrogen (secondary N) is 1. The zero-order chi connectivity index (χ0) is 35.1. The molecule has 5 rings (SSSR count). The summed E-state index contributed by atoms with van der Waals surface area (Å²) in [6.07, 6.45) is 9.14. The Morgan fingerprint density at radius 1 is 0.938 bits per heavy atom. The first kappa shape index (κ1) is 37.8. The summed E-state index contributed by atoms with van der Waals surface area (Å²) in [6.45, 7) is 2.18. The average molecular weight is 695 g/mol. The molecule has 0 atom stereocenters. The molecular formula is C34H36F2N6O4S2. The van der Waals surface area contributed by atoms with Gasteiger partial charge in [0.05, 0.1) is 12.2 Å². The summed E-state index contributed by atoms with van der Waals surface area (Å²) in [5.41, 5.74) is 3.48. The van der Waals surface area contributed by atoms with Crippen molar-refractivity contribution < 1.29 is 23.1 Å². The summed E-state index contributed by atoms with van der Waals surface area (Å²) in [7, 11) is 3.43. The van der Waals surface area contributed by atoms with E-state index >= 15 is 0 Å². The number of carbonyl (C=O) groups excluding carboxylic acids is 2. The molecule has 2 aromatic carbocycles. The number of aldehydes is 1. The lowest BCUT2D eigenvalue weighted by Gasteiger charge is -2.08. The minimum atomic E-state index is -0.284. The second-order valence-corrected chi connectivity index (χ2v) is 11.5. The molecule has 48 heavy (non-hydrogen) atoms. The number of thioether (sulfide) groups is 2. The lowest BCUT2D eigenvalue weighted by Crippen LogP contribution is -2.22. The lowest BCUT2D eigenvalue weighted by molar-refractivity contribution is -0.143. The fourth-order valence-electron chi connectivity index (χ4n) is 4.24. The smallest absolute Gasteiger partial charge is 0.306 e. The number of fused-ring (bicyclic) bond motifs is 1. The largest absolute Gasteiger partial charge is 0.466 e. The third kappa shape index (κ3) is 11.2. The van der Waals surface area contributed by atoms with Gasteiger partial charge < -0.3 is 10.1 Å². The van der Waals surface area contributed by atoms with Gasteiger partial charge in [-0.1, -0.05) is 47.8 Å². The van der Waals surface area contributed by atoms with E-state index in [9.17, 15) is 23.2 Å². The number of anilines is 1. The first-order chi connectivity index (χ1) is 23.1. The fourth-order valence-corrected chi connectivity index (χ4v) is 4.91. The van der Waals surface area contributed by atoms with Crippen molar-refractivity contribution in [1.82, 2.24) is 24.5 Å². The van der Waals surface area contributed by atoms with E-state index in [1.165, 1.54) is 58.6 Å². The number of aryl methyl sites for hydroxylation is 2. The van der Waals surface area contributed by atoms with Gasteiger partial charge in [0, 0.05) is 50.3 Å². The van der Waals surface area contributed by atoms with Crippen LogP contribution >= 0.6 is 23.5 Å². The average Bonchev–Trinajstić information content (AvgIpc) is 3.11. The molecule has 0 aliphatic rings. The van der Waals surface area contributed by atoms with Gasteiger partial charge in [0.15, 0.2) is 16.6 Å². The Morgan fingerprint density at radius 3 is 2.08 bits per heavy atom. The summed E-state index contributed by atoms with van der Waals surface area (Å²) >= 11 is 2.87. The number of rotatable bonds is 10. The van der Waals surface area contributed by atoms with E-state index in [2.05, 4.69) is 25.3 Å². The first-order valence-corrected chi connectivity index (χ1v) is 17.1. The molecule has 0 aliphatic heterocycles. The molecule has 252 valence electrons. The molecule has 0 bridgehead atoms. The van der Waals surface area contributed by atoms with Gasteiger partial charge in [-0.05, 0) is 67.3 Å². The Kier molecular flexibility index (Phi) is 15.1. The molecule has 0 saturated carbocycles. The van der Waals surface area contributed by atoms with Crippen LogP contribution in [0.1, 0.15) is 40.4 Å². The van der Waals surface area contributed by atoms with Crippen molar-refractivity contribution in [2.24, 2.45) is 7.05 Å². The number of carbonyl (C=O) groups is 2. The SMILES string of the molecule is CCOC(=O)CCc1ccc(F)cc1.CNc1nc(SC)ncc1C=O.CSc1ncc2cc(Cc3ccc(F)cc3)c(=O)n(C)c2n1. The van der Waals surface area contributed by atoms with E-state index in [0.717, 1.165) is 22.8 Å². The van der Waals surface area contributed by atoms with Gasteiger partial charge in [0.2, 0.25) is 0 Å². The van der Waals surface area contributed by atoms with Crippen molar-refractivity contribution in [3.05, 3.63) is 111 Å². The molecule has 3 aromatic heterocycles. The molecule has 1 N–H and O–H groups in total. The van der Waals surface area contributed by atoms with Gasteiger partial charge in [0.25, 0.3) is 5.56 Å². The minimum absolute atomic E-state index is 0.0948. The maximum atomic E-state index is 13.0. The van der Waals surface area contributed by atoms with Gasteiger partial charge in [-0.3, -0.25) is 19.0 Å². The highest BCUT2D eigenvalue weighted by Gasteiger charge is 2.10. The molecule has 10 nitrogen and oxygen atoms in total. The van der Waals surface area contributed by atoms with Gasteiger partial charge in [-0.25, -0.2) is 28.7 Å². The molecule has 0 amide bonds. The normalized spacial score (nSPS) is 10.3. The quantitative estimate of drug-likeness (QED) is 0.0782. The number of hydrogen-bond acceptors (Lipinski definition) is 11. The number of benzene rings is 2. The predicted molar refractivity (Wildman–Crippen MR) is 186 cm³/mol. The zero-order valence-electron chi connectivity index (χ0n) is 27.2. The molecule has 0 aliphatic carbocycles. The van der Waals surface area contributed by atoms with E-state index in [-0.39, 0.29) is 23.2 Å². The summed E-state index contributed by atoms with van der Waals surface area (Å²) in [5.74, 6) is -0.181. The second kappa shape index (κ2) is 19.2. The van der Waals surface area contributed by atoms with Crippen LogP contribution in [0.15, 0.2) is 82.1 Å². The number of esters is 1. The Labute approximate surface area is 285 Å². The van der Waals surface area contributed by atoms with E-state index in [0.29, 0.717) is 58.8 Å². The minimum Gasteiger partial charge on any atom is -0.466 e. The highest BCUT2D eigenvalue weighted by molar-refractivity contribution is 7.98. The Morgan fingerprint density at radius 2 is 1.52 bits per heavy atom. The Hall–Kier alpha value is -4.69. The van der Waals surface area contributed by atoms with E-state index < -0.39 is 0 Å². The van der Waals surface area contributed by atoms with Gasteiger partial charge >= 0.3 is 5.97 Å².